The highest BCUT2D eigenvalue weighted by molar-refractivity contribution is 6.49. The maximum Gasteiger partial charge on any atom is 0.233 e. The fourth-order valence-electron chi connectivity index (χ4n) is 1.15. The highest BCUT2D eigenvalue weighted by atomic mass is 16.2. The van der Waals surface area contributed by atoms with Crippen molar-refractivity contribution in [3.8, 4) is 0 Å². The van der Waals surface area contributed by atoms with Gasteiger partial charge in [0.2, 0.25) is 11.6 Å². The summed E-state index contributed by atoms with van der Waals surface area (Å²) in [6, 6.07) is 8.51. The molecule has 0 bridgehead atoms. The van der Waals surface area contributed by atoms with E-state index in [1.54, 1.807) is 37.3 Å². The maximum atomic E-state index is 11.6. The number of rotatable bonds is 4. The van der Waals surface area contributed by atoms with Gasteiger partial charge >= 0.3 is 0 Å². The Morgan fingerprint density at radius 2 is 1.65 bits per heavy atom. The standard InChI is InChI=1S/C13H12O2.C2H6/c1-3-7-10(2)12(14)13(15)11-8-5-4-6-9-11;1-2/h3-9H,1H2,2H3;1-2H3/b10-7+;. The molecule has 2 heteroatoms. The molecule has 0 radical (unpaired) electrons. The summed E-state index contributed by atoms with van der Waals surface area (Å²) in [5.74, 6) is -0.965. The summed E-state index contributed by atoms with van der Waals surface area (Å²) in [5, 5.41) is 0. The van der Waals surface area contributed by atoms with Gasteiger partial charge in [-0.05, 0) is 6.92 Å². The zero-order valence-electron chi connectivity index (χ0n) is 10.6. The molecule has 0 N–H and O–H groups in total. The van der Waals surface area contributed by atoms with Crippen LogP contribution in [0.5, 0.6) is 0 Å². The molecule has 90 valence electrons. The van der Waals surface area contributed by atoms with Crippen LogP contribution in [0.3, 0.4) is 0 Å². The Labute approximate surface area is 103 Å². The van der Waals surface area contributed by atoms with E-state index in [1.807, 2.05) is 13.8 Å². The van der Waals surface area contributed by atoms with E-state index in [0.717, 1.165) is 0 Å². The van der Waals surface area contributed by atoms with Crippen molar-refractivity contribution in [3.05, 3.63) is 60.2 Å². The van der Waals surface area contributed by atoms with Gasteiger partial charge in [0.15, 0.2) is 0 Å². The number of allylic oxidation sites excluding steroid dienone is 3. The smallest absolute Gasteiger partial charge is 0.233 e. The largest absolute Gasteiger partial charge is 0.285 e. The maximum absolute atomic E-state index is 11.6. The molecule has 0 fully saturated rings. The van der Waals surface area contributed by atoms with Crippen molar-refractivity contribution in [2.75, 3.05) is 0 Å². The van der Waals surface area contributed by atoms with Gasteiger partial charge in [-0.3, -0.25) is 9.59 Å². The number of hydrogen-bond donors (Lipinski definition) is 0. The van der Waals surface area contributed by atoms with Gasteiger partial charge in [0.05, 0.1) is 0 Å². The molecule has 0 spiro atoms. The predicted octanol–water partition coefficient (Wildman–Crippen LogP) is 3.60. The molecule has 0 saturated heterocycles. The lowest BCUT2D eigenvalue weighted by Crippen LogP contribution is -2.14. The van der Waals surface area contributed by atoms with Crippen LogP contribution in [-0.4, -0.2) is 11.6 Å². The first kappa shape index (κ1) is 15.0. The van der Waals surface area contributed by atoms with Crippen molar-refractivity contribution in [2.24, 2.45) is 0 Å². The van der Waals surface area contributed by atoms with Crippen LogP contribution >= 0.6 is 0 Å². The molecule has 0 amide bonds. The van der Waals surface area contributed by atoms with E-state index in [-0.39, 0.29) is 0 Å². The summed E-state index contributed by atoms with van der Waals surface area (Å²) in [7, 11) is 0. The number of carbonyl (C=O) groups excluding carboxylic acids is 2. The Hall–Kier alpha value is -1.96. The van der Waals surface area contributed by atoms with Gasteiger partial charge in [-0.25, -0.2) is 0 Å². The average Bonchev–Trinajstić information content (AvgIpc) is 2.40. The SMILES string of the molecule is C=C/C=C(\C)C(=O)C(=O)c1ccccc1.CC. The predicted molar refractivity (Wildman–Crippen MR) is 71.1 cm³/mol. The lowest BCUT2D eigenvalue weighted by atomic mass is 10.0. The summed E-state index contributed by atoms with van der Waals surface area (Å²) in [6.07, 6.45) is 3.02. The quantitative estimate of drug-likeness (QED) is 0.343. The summed E-state index contributed by atoms with van der Waals surface area (Å²) >= 11 is 0. The molecule has 0 unspecified atom stereocenters. The van der Waals surface area contributed by atoms with E-state index in [2.05, 4.69) is 6.58 Å². The van der Waals surface area contributed by atoms with Crippen LogP contribution in [0.4, 0.5) is 0 Å². The average molecular weight is 230 g/mol. The second kappa shape index (κ2) is 8.22. The number of benzene rings is 1. The Morgan fingerprint density at radius 3 is 2.12 bits per heavy atom. The van der Waals surface area contributed by atoms with E-state index >= 15 is 0 Å². The normalized spacial score (nSPS) is 9.94. The molecule has 0 aliphatic heterocycles. The molecule has 0 aromatic heterocycles. The minimum absolute atomic E-state index is 0.402. The molecule has 0 heterocycles. The van der Waals surface area contributed by atoms with Crippen LogP contribution in [0.15, 0.2) is 54.6 Å². The van der Waals surface area contributed by atoms with Gasteiger partial charge in [-0.15, -0.1) is 0 Å². The molecule has 0 saturated carbocycles. The van der Waals surface area contributed by atoms with Crippen molar-refractivity contribution in [3.63, 3.8) is 0 Å². The third-order valence-corrected chi connectivity index (χ3v) is 1.97. The molecule has 1 rings (SSSR count). The van der Waals surface area contributed by atoms with Crippen LogP contribution in [0.1, 0.15) is 31.1 Å². The Bertz CT molecular complexity index is 414. The number of hydrogen-bond acceptors (Lipinski definition) is 2. The topological polar surface area (TPSA) is 34.1 Å². The Kier molecular flexibility index (Phi) is 7.27. The van der Waals surface area contributed by atoms with E-state index in [1.165, 1.54) is 12.2 Å². The van der Waals surface area contributed by atoms with Gasteiger partial charge in [-0.1, -0.05) is 62.9 Å². The van der Waals surface area contributed by atoms with Crippen LogP contribution in [0.2, 0.25) is 0 Å². The van der Waals surface area contributed by atoms with E-state index < -0.39 is 11.6 Å². The molecular weight excluding hydrogens is 212 g/mol. The first-order valence-electron chi connectivity index (χ1n) is 5.60. The second-order valence-corrected chi connectivity index (χ2v) is 3.11. The lowest BCUT2D eigenvalue weighted by Gasteiger charge is -1.99. The Balaban J connectivity index is 0.00000121. The molecular formula is C15H18O2. The van der Waals surface area contributed by atoms with Gasteiger partial charge in [0.25, 0.3) is 0 Å². The van der Waals surface area contributed by atoms with Gasteiger partial charge in [-0.2, -0.15) is 0 Å². The highest BCUT2D eigenvalue weighted by Gasteiger charge is 2.16. The van der Waals surface area contributed by atoms with Crippen LogP contribution in [-0.2, 0) is 4.79 Å². The monoisotopic (exact) mass is 230 g/mol. The summed E-state index contributed by atoms with van der Waals surface area (Å²) < 4.78 is 0. The number of Topliss-reactive ketones (excluding diaryl/α,β-unsaturated/α-hetero) is 2. The lowest BCUT2D eigenvalue weighted by molar-refractivity contribution is -0.111. The Morgan fingerprint density at radius 1 is 1.12 bits per heavy atom. The zero-order valence-corrected chi connectivity index (χ0v) is 10.6. The van der Waals surface area contributed by atoms with Gasteiger partial charge in [0.1, 0.15) is 0 Å². The van der Waals surface area contributed by atoms with E-state index in [4.69, 9.17) is 0 Å². The first-order chi connectivity index (χ1) is 8.16. The fourth-order valence-corrected chi connectivity index (χ4v) is 1.15. The molecule has 2 nitrogen and oxygen atoms in total. The minimum atomic E-state index is -0.485. The van der Waals surface area contributed by atoms with Crippen LogP contribution in [0.25, 0.3) is 0 Å². The fraction of sp³-hybridized carbons (Fsp3) is 0.200. The third kappa shape index (κ3) is 4.60. The first-order valence-corrected chi connectivity index (χ1v) is 5.60. The van der Waals surface area contributed by atoms with Crippen molar-refractivity contribution in [1.29, 1.82) is 0 Å². The molecule has 1 aromatic rings. The van der Waals surface area contributed by atoms with Crippen LogP contribution in [0, 0.1) is 0 Å². The molecule has 0 atom stereocenters. The zero-order chi connectivity index (χ0) is 13.3. The van der Waals surface area contributed by atoms with Crippen LogP contribution < -0.4 is 0 Å². The van der Waals surface area contributed by atoms with Gasteiger partial charge in [0, 0.05) is 11.1 Å². The van der Waals surface area contributed by atoms with Crippen molar-refractivity contribution in [1.82, 2.24) is 0 Å². The minimum Gasteiger partial charge on any atom is -0.285 e. The van der Waals surface area contributed by atoms with Crippen molar-refractivity contribution < 1.29 is 9.59 Å². The van der Waals surface area contributed by atoms with E-state index in [9.17, 15) is 9.59 Å². The summed E-state index contributed by atoms with van der Waals surface area (Å²) in [5.41, 5.74) is 0.818. The molecule has 0 aliphatic rings. The van der Waals surface area contributed by atoms with Crippen molar-refractivity contribution in [2.45, 2.75) is 20.8 Å². The molecule has 0 aliphatic carbocycles. The highest BCUT2D eigenvalue weighted by Crippen LogP contribution is 2.05. The van der Waals surface area contributed by atoms with Gasteiger partial charge < -0.3 is 0 Å². The molecule has 1 aromatic carbocycles. The molecule has 17 heavy (non-hydrogen) atoms. The van der Waals surface area contributed by atoms with Crippen molar-refractivity contribution >= 4 is 11.6 Å². The number of carbonyl (C=O) groups is 2. The number of ketones is 2. The second-order valence-electron chi connectivity index (χ2n) is 3.11. The van der Waals surface area contributed by atoms with E-state index in [0.29, 0.717) is 11.1 Å². The third-order valence-electron chi connectivity index (χ3n) is 1.97. The summed E-state index contributed by atoms with van der Waals surface area (Å²) in [4.78, 5) is 23.2. The summed E-state index contributed by atoms with van der Waals surface area (Å²) in [6.45, 7) is 9.08.